The molecule has 0 amide bonds. The Morgan fingerprint density at radius 1 is 1.22 bits per heavy atom. The molecule has 0 saturated carbocycles. The second-order valence-corrected chi connectivity index (χ2v) is 5.20. The van der Waals surface area contributed by atoms with Crippen molar-refractivity contribution in [3.05, 3.63) is 33.6 Å². The van der Waals surface area contributed by atoms with Crippen molar-refractivity contribution in [2.24, 2.45) is 5.92 Å². The summed E-state index contributed by atoms with van der Waals surface area (Å²) in [5.41, 5.74) is 0.202. The highest BCUT2D eigenvalue weighted by molar-refractivity contribution is 6.36. The number of hydrogen-bond acceptors (Lipinski definition) is 1. The lowest BCUT2D eigenvalue weighted by atomic mass is 9.90. The summed E-state index contributed by atoms with van der Waals surface area (Å²) in [6.45, 7) is 4.05. The average Bonchev–Trinajstić information content (AvgIpc) is 2.32. The van der Waals surface area contributed by atoms with Gasteiger partial charge >= 0.3 is 0 Å². The van der Waals surface area contributed by atoms with Crippen molar-refractivity contribution in [1.82, 2.24) is 0 Å². The number of Topliss-reactive ketones (excluding diaryl/α,β-unsaturated/α-hetero) is 1. The van der Waals surface area contributed by atoms with Gasteiger partial charge in [0.25, 0.3) is 0 Å². The monoisotopic (exact) mass is 290 g/mol. The van der Waals surface area contributed by atoms with E-state index in [1.54, 1.807) is 0 Å². The molecule has 4 heteroatoms. The molecule has 1 nitrogen and oxygen atoms in total. The third-order valence-corrected chi connectivity index (χ3v) is 3.51. The van der Waals surface area contributed by atoms with Gasteiger partial charge in [0.2, 0.25) is 0 Å². The quantitative estimate of drug-likeness (QED) is 0.497. The summed E-state index contributed by atoms with van der Waals surface area (Å²) in [4.78, 5) is 12.3. The first-order valence-corrected chi connectivity index (χ1v) is 6.95. The van der Waals surface area contributed by atoms with E-state index in [0.29, 0.717) is 0 Å². The minimum Gasteiger partial charge on any atom is -0.294 e. The Morgan fingerprint density at radius 3 is 2.28 bits per heavy atom. The van der Waals surface area contributed by atoms with Crippen molar-refractivity contribution >= 4 is 29.0 Å². The van der Waals surface area contributed by atoms with Crippen LogP contribution in [0.1, 0.15) is 49.9 Å². The predicted octanol–water partition coefficient (Wildman–Crippen LogP) is 5.53. The zero-order valence-electron chi connectivity index (χ0n) is 10.6. The van der Waals surface area contributed by atoms with Crippen molar-refractivity contribution in [1.29, 1.82) is 0 Å². The highest BCUT2D eigenvalue weighted by Crippen LogP contribution is 2.29. The van der Waals surface area contributed by atoms with Crippen LogP contribution in [0.15, 0.2) is 12.1 Å². The van der Waals surface area contributed by atoms with Gasteiger partial charge in [0.1, 0.15) is 5.82 Å². The summed E-state index contributed by atoms with van der Waals surface area (Å²) < 4.78 is 13.5. The van der Waals surface area contributed by atoms with E-state index in [0.717, 1.165) is 31.7 Å². The molecule has 1 rings (SSSR count). The third kappa shape index (κ3) is 3.69. The molecular weight excluding hydrogens is 274 g/mol. The summed E-state index contributed by atoms with van der Waals surface area (Å²) in [6.07, 6.45) is 3.41. The fourth-order valence-corrected chi connectivity index (χ4v) is 2.47. The second kappa shape index (κ2) is 7.10. The summed E-state index contributed by atoms with van der Waals surface area (Å²) in [7, 11) is 0. The molecule has 18 heavy (non-hydrogen) atoms. The molecule has 100 valence electrons. The molecule has 0 aromatic heterocycles. The van der Waals surface area contributed by atoms with Gasteiger partial charge in [-0.2, -0.15) is 0 Å². The summed E-state index contributed by atoms with van der Waals surface area (Å²) in [5.74, 6) is -0.847. The lowest BCUT2D eigenvalue weighted by Gasteiger charge is -2.15. The standard InChI is InChI=1S/C14H17Cl2FO/c1-3-5-9(6-4-2)14(18)11-7-10(15)8-12(17)13(11)16/h7-9H,3-6H2,1-2H3. The summed E-state index contributed by atoms with van der Waals surface area (Å²) in [6, 6.07) is 2.57. The van der Waals surface area contributed by atoms with Gasteiger partial charge in [0, 0.05) is 16.5 Å². The van der Waals surface area contributed by atoms with Crippen LogP contribution in [0.3, 0.4) is 0 Å². The molecule has 0 aliphatic heterocycles. The van der Waals surface area contributed by atoms with Crippen LogP contribution in [-0.2, 0) is 0 Å². The van der Waals surface area contributed by atoms with Crippen LogP contribution in [0.2, 0.25) is 10.0 Å². The number of hydrogen-bond donors (Lipinski definition) is 0. The Hall–Kier alpha value is -0.600. The van der Waals surface area contributed by atoms with Crippen LogP contribution in [0.25, 0.3) is 0 Å². The Bertz CT molecular complexity index is 426. The first-order valence-electron chi connectivity index (χ1n) is 6.20. The van der Waals surface area contributed by atoms with Gasteiger partial charge in [-0.1, -0.05) is 49.9 Å². The number of benzene rings is 1. The summed E-state index contributed by atoms with van der Waals surface area (Å²) >= 11 is 11.6. The topological polar surface area (TPSA) is 17.1 Å². The van der Waals surface area contributed by atoms with Crippen LogP contribution in [0.5, 0.6) is 0 Å². The maximum absolute atomic E-state index is 13.5. The Balaban J connectivity index is 3.07. The largest absolute Gasteiger partial charge is 0.294 e. The molecule has 1 aromatic carbocycles. The van der Waals surface area contributed by atoms with E-state index in [4.69, 9.17) is 23.2 Å². The van der Waals surface area contributed by atoms with Gasteiger partial charge < -0.3 is 0 Å². The van der Waals surface area contributed by atoms with Crippen molar-refractivity contribution < 1.29 is 9.18 Å². The highest BCUT2D eigenvalue weighted by atomic mass is 35.5. The van der Waals surface area contributed by atoms with Crippen molar-refractivity contribution in [2.75, 3.05) is 0 Å². The SMILES string of the molecule is CCCC(CCC)C(=O)c1cc(Cl)cc(F)c1Cl. The fourth-order valence-electron chi connectivity index (χ4n) is 2.06. The number of ketones is 1. The lowest BCUT2D eigenvalue weighted by molar-refractivity contribution is 0.0904. The molecule has 0 aliphatic rings. The van der Waals surface area contributed by atoms with E-state index in [9.17, 15) is 9.18 Å². The van der Waals surface area contributed by atoms with Gasteiger partial charge in [-0.3, -0.25) is 4.79 Å². The number of halogens is 3. The minimum atomic E-state index is -0.640. The zero-order valence-corrected chi connectivity index (χ0v) is 12.1. The van der Waals surface area contributed by atoms with Crippen molar-refractivity contribution in [2.45, 2.75) is 39.5 Å². The lowest BCUT2D eigenvalue weighted by Crippen LogP contribution is -2.15. The Kier molecular flexibility index (Phi) is 6.10. The number of rotatable bonds is 6. The third-order valence-electron chi connectivity index (χ3n) is 2.90. The first-order chi connectivity index (χ1) is 8.51. The van der Waals surface area contributed by atoms with E-state index < -0.39 is 5.82 Å². The van der Waals surface area contributed by atoms with E-state index in [2.05, 4.69) is 0 Å². The van der Waals surface area contributed by atoms with Crippen molar-refractivity contribution in [3.8, 4) is 0 Å². The van der Waals surface area contributed by atoms with E-state index >= 15 is 0 Å². The van der Waals surface area contributed by atoms with E-state index in [1.165, 1.54) is 6.07 Å². The molecule has 0 radical (unpaired) electrons. The molecule has 0 bridgehead atoms. The van der Waals surface area contributed by atoms with Crippen molar-refractivity contribution in [3.63, 3.8) is 0 Å². The van der Waals surface area contributed by atoms with Crippen LogP contribution >= 0.6 is 23.2 Å². The number of carbonyl (C=O) groups excluding carboxylic acids is 1. The Morgan fingerprint density at radius 2 is 1.78 bits per heavy atom. The molecule has 0 atom stereocenters. The predicted molar refractivity (Wildman–Crippen MR) is 74.1 cm³/mol. The maximum atomic E-state index is 13.5. The van der Waals surface area contributed by atoms with Crippen LogP contribution < -0.4 is 0 Å². The molecule has 0 N–H and O–H groups in total. The van der Waals surface area contributed by atoms with Crippen LogP contribution in [0.4, 0.5) is 4.39 Å². The molecule has 0 unspecified atom stereocenters. The zero-order chi connectivity index (χ0) is 13.7. The second-order valence-electron chi connectivity index (χ2n) is 4.39. The molecule has 0 fully saturated rings. The van der Waals surface area contributed by atoms with Gasteiger partial charge in [0.15, 0.2) is 5.78 Å². The van der Waals surface area contributed by atoms with Gasteiger partial charge in [-0.05, 0) is 25.0 Å². The van der Waals surface area contributed by atoms with Gasteiger partial charge in [-0.15, -0.1) is 0 Å². The average molecular weight is 291 g/mol. The molecule has 0 saturated heterocycles. The molecule has 1 aromatic rings. The van der Waals surface area contributed by atoms with Crippen LogP contribution in [0, 0.1) is 11.7 Å². The van der Waals surface area contributed by atoms with Gasteiger partial charge in [-0.25, -0.2) is 4.39 Å². The normalized spacial score (nSPS) is 11.0. The molecule has 0 heterocycles. The minimum absolute atomic E-state index is 0.102. The number of carbonyl (C=O) groups is 1. The summed E-state index contributed by atoms with van der Waals surface area (Å²) in [5, 5.41) is 0.0774. The fraction of sp³-hybridized carbons (Fsp3) is 0.500. The van der Waals surface area contributed by atoms with Gasteiger partial charge in [0.05, 0.1) is 5.02 Å². The first kappa shape index (κ1) is 15.5. The highest BCUT2D eigenvalue weighted by Gasteiger charge is 2.22. The molecule has 0 spiro atoms. The van der Waals surface area contributed by atoms with E-state index in [1.807, 2.05) is 13.8 Å². The smallest absolute Gasteiger partial charge is 0.167 e. The molecular formula is C14H17Cl2FO. The van der Waals surface area contributed by atoms with Crippen LogP contribution in [-0.4, -0.2) is 5.78 Å². The Labute approximate surface area is 117 Å². The maximum Gasteiger partial charge on any atom is 0.167 e. The molecule has 0 aliphatic carbocycles. The van der Waals surface area contributed by atoms with E-state index in [-0.39, 0.29) is 27.3 Å².